The Morgan fingerprint density at radius 3 is 2.71 bits per heavy atom. The van der Waals surface area contributed by atoms with Gasteiger partial charge in [-0.2, -0.15) is 0 Å². The van der Waals surface area contributed by atoms with Gasteiger partial charge in [-0.05, 0) is 81.6 Å². The lowest BCUT2D eigenvalue weighted by molar-refractivity contribution is -0.121. The average Bonchev–Trinajstić information content (AvgIpc) is 3.21. The second-order valence-electron chi connectivity index (χ2n) is 8.27. The van der Waals surface area contributed by atoms with Crippen LogP contribution in [-0.4, -0.2) is 50.3 Å². The molecule has 1 N–H and O–H groups in total. The molecule has 0 unspecified atom stereocenters. The van der Waals surface area contributed by atoms with Gasteiger partial charge in [-0.25, -0.2) is 0 Å². The molecule has 28 heavy (non-hydrogen) atoms. The highest BCUT2D eigenvalue weighted by molar-refractivity contribution is 5.75. The predicted molar refractivity (Wildman–Crippen MR) is 111 cm³/mol. The largest absolute Gasteiger partial charge is 0.490 e. The Balaban J connectivity index is 1.35. The average molecular weight is 389 g/mol. The highest BCUT2D eigenvalue weighted by Crippen LogP contribution is 2.26. The molecule has 1 aromatic carbocycles. The van der Waals surface area contributed by atoms with E-state index in [9.17, 15) is 4.79 Å². The van der Waals surface area contributed by atoms with Crippen LogP contribution in [0.5, 0.6) is 5.75 Å². The highest BCUT2D eigenvalue weighted by Gasteiger charge is 2.20. The Bertz CT molecular complexity index is 593. The zero-order valence-corrected chi connectivity index (χ0v) is 17.3. The van der Waals surface area contributed by atoms with E-state index >= 15 is 0 Å². The third-order valence-electron chi connectivity index (χ3n) is 6.02. The number of likely N-dealkylation sites (tertiary alicyclic amines) is 1. The van der Waals surface area contributed by atoms with Gasteiger partial charge in [0, 0.05) is 26.6 Å². The summed E-state index contributed by atoms with van der Waals surface area (Å²) in [6.07, 6.45) is 9.41. The molecule has 1 aliphatic carbocycles. The smallest absolute Gasteiger partial charge is 0.220 e. The molecule has 1 saturated heterocycles. The maximum Gasteiger partial charge on any atom is 0.220 e. The first-order chi connectivity index (χ1) is 13.7. The van der Waals surface area contributed by atoms with Gasteiger partial charge in [0.15, 0.2) is 0 Å². The number of amides is 1. The van der Waals surface area contributed by atoms with Crippen molar-refractivity contribution in [2.24, 2.45) is 5.92 Å². The van der Waals surface area contributed by atoms with Crippen LogP contribution in [0.2, 0.25) is 0 Å². The fourth-order valence-electron chi connectivity index (χ4n) is 4.32. The van der Waals surface area contributed by atoms with Gasteiger partial charge in [0.05, 0.1) is 12.7 Å². The Kier molecular flexibility index (Phi) is 8.62. The van der Waals surface area contributed by atoms with Crippen molar-refractivity contribution < 1.29 is 14.3 Å². The molecule has 0 radical (unpaired) electrons. The molecule has 5 nitrogen and oxygen atoms in total. The monoisotopic (exact) mass is 388 g/mol. The molecular weight excluding hydrogens is 352 g/mol. The predicted octanol–water partition coefficient (Wildman–Crippen LogP) is 3.76. The van der Waals surface area contributed by atoms with Crippen molar-refractivity contribution in [2.75, 3.05) is 33.4 Å². The maximum absolute atomic E-state index is 11.8. The first kappa shape index (κ1) is 21.1. The van der Waals surface area contributed by atoms with Gasteiger partial charge in [-0.1, -0.05) is 12.1 Å². The van der Waals surface area contributed by atoms with Crippen molar-refractivity contribution in [2.45, 2.75) is 64.0 Å². The standard InChI is InChI=1S/C23H36N2O3/c1-27-16-13-24-23(26)10-9-19-11-14-25(15-12-19)18-20-5-4-8-22(17-20)28-21-6-2-3-7-21/h4-5,8,17,19,21H,2-3,6-7,9-16,18H2,1H3,(H,24,26). The lowest BCUT2D eigenvalue weighted by atomic mass is 9.92. The van der Waals surface area contributed by atoms with Crippen LogP contribution in [0.25, 0.3) is 0 Å². The van der Waals surface area contributed by atoms with Gasteiger partial charge in [-0.15, -0.1) is 0 Å². The van der Waals surface area contributed by atoms with Crippen LogP contribution in [0.1, 0.15) is 56.9 Å². The number of carbonyl (C=O) groups is 1. The molecule has 0 atom stereocenters. The van der Waals surface area contributed by atoms with E-state index in [-0.39, 0.29) is 5.91 Å². The van der Waals surface area contributed by atoms with Gasteiger partial charge >= 0.3 is 0 Å². The molecule has 1 heterocycles. The van der Waals surface area contributed by atoms with Crippen LogP contribution in [-0.2, 0) is 16.1 Å². The normalized spacial score (nSPS) is 19.0. The lowest BCUT2D eigenvalue weighted by Gasteiger charge is -2.32. The first-order valence-corrected chi connectivity index (χ1v) is 11.0. The fourth-order valence-corrected chi connectivity index (χ4v) is 4.32. The van der Waals surface area contributed by atoms with Crippen molar-refractivity contribution in [3.8, 4) is 5.75 Å². The quantitative estimate of drug-likeness (QED) is 0.620. The number of piperidine rings is 1. The third kappa shape index (κ3) is 7.10. The van der Waals surface area contributed by atoms with E-state index in [1.54, 1.807) is 7.11 Å². The summed E-state index contributed by atoms with van der Waals surface area (Å²) in [5.74, 6) is 1.85. The van der Waals surface area contributed by atoms with Gasteiger partial charge in [0.25, 0.3) is 0 Å². The summed E-state index contributed by atoms with van der Waals surface area (Å²) in [4.78, 5) is 14.4. The topological polar surface area (TPSA) is 50.8 Å². The number of hydrogen-bond donors (Lipinski definition) is 1. The van der Waals surface area contributed by atoms with Crippen LogP contribution >= 0.6 is 0 Å². The third-order valence-corrected chi connectivity index (χ3v) is 6.02. The Morgan fingerprint density at radius 1 is 1.18 bits per heavy atom. The molecule has 2 aliphatic rings. The molecule has 1 aliphatic heterocycles. The number of nitrogens with zero attached hydrogens (tertiary/aromatic N) is 1. The van der Waals surface area contributed by atoms with E-state index in [1.807, 2.05) is 0 Å². The number of nitrogens with one attached hydrogen (secondary N) is 1. The molecular formula is C23H36N2O3. The van der Waals surface area contributed by atoms with Gasteiger partial charge in [0.2, 0.25) is 5.91 Å². The van der Waals surface area contributed by atoms with Gasteiger partial charge in [-0.3, -0.25) is 9.69 Å². The van der Waals surface area contributed by atoms with Crippen LogP contribution < -0.4 is 10.1 Å². The Morgan fingerprint density at radius 2 is 1.96 bits per heavy atom. The summed E-state index contributed by atoms with van der Waals surface area (Å²) in [6.45, 7) is 4.41. The maximum atomic E-state index is 11.8. The molecule has 0 spiro atoms. The minimum atomic E-state index is 0.151. The Hall–Kier alpha value is -1.59. The zero-order chi connectivity index (χ0) is 19.6. The molecule has 5 heteroatoms. The fraction of sp³-hybridized carbons (Fsp3) is 0.696. The van der Waals surface area contributed by atoms with Crippen LogP contribution in [0.15, 0.2) is 24.3 Å². The number of methoxy groups -OCH3 is 1. The van der Waals surface area contributed by atoms with Crippen molar-refractivity contribution in [3.63, 3.8) is 0 Å². The molecule has 0 bridgehead atoms. The minimum Gasteiger partial charge on any atom is -0.490 e. The number of ether oxygens (including phenoxy) is 2. The second kappa shape index (κ2) is 11.4. The first-order valence-electron chi connectivity index (χ1n) is 11.0. The van der Waals surface area contributed by atoms with Gasteiger partial charge < -0.3 is 14.8 Å². The van der Waals surface area contributed by atoms with Crippen molar-refractivity contribution >= 4 is 5.91 Å². The zero-order valence-electron chi connectivity index (χ0n) is 17.3. The molecule has 0 aromatic heterocycles. The number of carbonyl (C=O) groups excluding carboxylic acids is 1. The van der Waals surface area contributed by atoms with E-state index in [0.717, 1.165) is 31.8 Å². The lowest BCUT2D eigenvalue weighted by Crippen LogP contribution is -2.34. The SMILES string of the molecule is COCCNC(=O)CCC1CCN(Cc2cccc(OC3CCCC3)c2)CC1. The summed E-state index contributed by atoms with van der Waals surface area (Å²) in [6, 6.07) is 8.63. The highest BCUT2D eigenvalue weighted by atomic mass is 16.5. The van der Waals surface area contributed by atoms with E-state index in [4.69, 9.17) is 9.47 Å². The molecule has 2 fully saturated rings. The summed E-state index contributed by atoms with van der Waals surface area (Å²) in [5, 5.41) is 2.91. The van der Waals surface area contributed by atoms with Crippen molar-refractivity contribution in [3.05, 3.63) is 29.8 Å². The minimum absolute atomic E-state index is 0.151. The summed E-state index contributed by atoms with van der Waals surface area (Å²) >= 11 is 0. The molecule has 1 saturated carbocycles. The van der Waals surface area contributed by atoms with E-state index in [1.165, 1.54) is 44.1 Å². The molecule has 1 aromatic rings. The second-order valence-corrected chi connectivity index (χ2v) is 8.27. The summed E-state index contributed by atoms with van der Waals surface area (Å²) in [7, 11) is 1.65. The van der Waals surface area contributed by atoms with Crippen molar-refractivity contribution in [1.82, 2.24) is 10.2 Å². The summed E-state index contributed by atoms with van der Waals surface area (Å²) < 4.78 is 11.1. The van der Waals surface area contributed by atoms with Crippen LogP contribution in [0.4, 0.5) is 0 Å². The van der Waals surface area contributed by atoms with Crippen LogP contribution in [0.3, 0.4) is 0 Å². The number of rotatable bonds is 10. The molecule has 156 valence electrons. The van der Waals surface area contributed by atoms with E-state index in [0.29, 0.717) is 31.6 Å². The molecule has 1 amide bonds. The van der Waals surface area contributed by atoms with Crippen molar-refractivity contribution in [1.29, 1.82) is 0 Å². The summed E-state index contributed by atoms with van der Waals surface area (Å²) in [5.41, 5.74) is 1.34. The van der Waals surface area contributed by atoms with E-state index < -0.39 is 0 Å². The van der Waals surface area contributed by atoms with E-state index in [2.05, 4.69) is 34.5 Å². The molecule has 3 rings (SSSR count). The van der Waals surface area contributed by atoms with Crippen LogP contribution in [0, 0.1) is 5.92 Å². The Labute approximate surface area is 169 Å². The number of benzene rings is 1. The van der Waals surface area contributed by atoms with Gasteiger partial charge in [0.1, 0.15) is 5.75 Å². The number of hydrogen-bond acceptors (Lipinski definition) is 4.